The number of nitrogens with one attached hydrogen (secondary N) is 1. The first-order chi connectivity index (χ1) is 7.57. The van der Waals surface area contributed by atoms with Gasteiger partial charge in [0.1, 0.15) is 0 Å². The van der Waals surface area contributed by atoms with Crippen molar-refractivity contribution >= 4 is 11.3 Å². The van der Waals surface area contributed by atoms with Gasteiger partial charge in [0.25, 0.3) is 0 Å². The van der Waals surface area contributed by atoms with E-state index in [1.807, 2.05) is 11.3 Å². The molecule has 2 heteroatoms. The molecule has 90 valence electrons. The third kappa shape index (κ3) is 3.08. The van der Waals surface area contributed by atoms with E-state index in [4.69, 9.17) is 0 Å². The summed E-state index contributed by atoms with van der Waals surface area (Å²) >= 11 is 1.86. The van der Waals surface area contributed by atoms with Crippen molar-refractivity contribution in [1.29, 1.82) is 0 Å². The van der Waals surface area contributed by atoms with Crippen LogP contribution >= 0.6 is 11.3 Å². The smallest absolute Gasteiger partial charge is 0.0388 e. The number of hydrogen-bond donors (Lipinski definition) is 1. The molecule has 0 amide bonds. The normalized spacial score (nSPS) is 23.2. The number of hydrogen-bond acceptors (Lipinski definition) is 2. The molecule has 0 unspecified atom stereocenters. The van der Waals surface area contributed by atoms with Crippen LogP contribution in [0.5, 0.6) is 0 Å². The molecule has 1 atom stereocenters. The van der Waals surface area contributed by atoms with Crippen molar-refractivity contribution < 1.29 is 0 Å². The third-order valence-electron chi connectivity index (χ3n) is 3.79. The Hall–Kier alpha value is -0.340. The van der Waals surface area contributed by atoms with Crippen molar-refractivity contribution in [1.82, 2.24) is 5.32 Å². The summed E-state index contributed by atoms with van der Waals surface area (Å²) in [6.45, 7) is 7.07. The van der Waals surface area contributed by atoms with Crippen LogP contribution in [0.2, 0.25) is 0 Å². The first-order valence-corrected chi connectivity index (χ1v) is 7.24. The molecule has 0 aromatic carbocycles. The van der Waals surface area contributed by atoms with Crippen molar-refractivity contribution in [3.63, 3.8) is 0 Å². The lowest BCUT2D eigenvalue weighted by Crippen LogP contribution is -2.36. The molecular weight excluding hydrogens is 214 g/mol. The van der Waals surface area contributed by atoms with Crippen LogP contribution in [0.15, 0.2) is 17.5 Å². The fourth-order valence-electron chi connectivity index (χ4n) is 2.54. The summed E-state index contributed by atoms with van der Waals surface area (Å²) in [6, 6.07) is 5.62. The molecule has 1 aromatic rings. The highest BCUT2D eigenvalue weighted by atomic mass is 32.1. The molecule has 1 saturated carbocycles. The molecule has 1 aromatic heterocycles. The van der Waals surface area contributed by atoms with Gasteiger partial charge in [-0.2, -0.15) is 0 Å². The SMILES string of the molecule is C[C@@H](NC1CCC(C)(C)CC1)c1cccs1. The minimum atomic E-state index is 0.520. The van der Waals surface area contributed by atoms with E-state index < -0.39 is 0 Å². The van der Waals surface area contributed by atoms with Crippen LogP contribution in [0, 0.1) is 5.41 Å². The summed E-state index contributed by atoms with van der Waals surface area (Å²) in [5.74, 6) is 0. The quantitative estimate of drug-likeness (QED) is 0.823. The summed E-state index contributed by atoms with van der Waals surface area (Å²) in [5, 5.41) is 5.93. The predicted octanol–water partition coefficient (Wildman–Crippen LogP) is 4.37. The molecule has 16 heavy (non-hydrogen) atoms. The van der Waals surface area contributed by atoms with Crippen LogP contribution in [0.3, 0.4) is 0 Å². The second-order valence-electron chi connectivity index (χ2n) is 5.84. The van der Waals surface area contributed by atoms with E-state index in [-0.39, 0.29) is 0 Å². The fourth-order valence-corrected chi connectivity index (χ4v) is 3.28. The Morgan fingerprint density at radius 3 is 2.62 bits per heavy atom. The second kappa shape index (κ2) is 4.89. The van der Waals surface area contributed by atoms with E-state index in [1.165, 1.54) is 30.6 Å². The zero-order chi connectivity index (χ0) is 11.6. The monoisotopic (exact) mass is 237 g/mol. The van der Waals surface area contributed by atoms with Crippen LogP contribution < -0.4 is 5.32 Å². The molecule has 0 bridgehead atoms. The molecule has 1 N–H and O–H groups in total. The van der Waals surface area contributed by atoms with Crippen molar-refractivity contribution in [2.24, 2.45) is 5.41 Å². The van der Waals surface area contributed by atoms with Gasteiger partial charge in [0.15, 0.2) is 0 Å². The highest BCUT2D eigenvalue weighted by Gasteiger charge is 2.27. The number of rotatable bonds is 3. The summed E-state index contributed by atoms with van der Waals surface area (Å²) in [6.07, 6.45) is 5.40. The summed E-state index contributed by atoms with van der Waals surface area (Å²) in [5.41, 5.74) is 0.574. The topological polar surface area (TPSA) is 12.0 Å². The molecule has 1 aliphatic rings. The molecule has 0 aliphatic heterocycles. The Balaban J connectivity index is 1.83. The maximum atomic E-state index is 3.77. The van der Waals surface area contributed by atoms with Gasteiger partial charge in [-0.3, -0.25) is 0 Å². The van der Waals surface area contributed by atoms with Crippen LogP contribution in [0.25, 0.3) is 0 Å². The van der Waals surface area contributed by atoms with Crippen LogP contribution in [0.1, 0.15) is 57.4 Å². The zero-order valence-corrected chi connectivity index (χ0v) is 11.4. The number of thiophene rings is 1. The van der Waals surface area contributed by atoms with Gasteiger partial charge in [-0.15, -0.1) is 11.3 Å². The van der Waals surface area contributed by atoms with Crippen molar-refractivity contribution in [2.75, 3.05) is 0 Å². The van der Waals surface area contributed by atoms with E-state index in [1.54, 1.807) is 0 Å². The van der Waals surface area contributed by atoms with Gasteiger partial charge in [0.05, 0.1) is 0 Å². The molecule has 0 saturated heterocycles. The average Bonchev–Trinajstić information content (AvgIpc) is 2.74. The van der Waals surface area contributed by atoms with Gasteiger partial charge in [-0.1, -0.05) is 19.9 Å². The average molecular weight is 237 g/mol. The fraction of sp³-hybridized carbons (Fsp3) is 0.714. The van der Waals surface area contributed by atoms with E-state index in [2.05, 4.69) is 43.6 Å². The van der Waals surface area contributed by atoms with Crippen molar-refractivity contribution in [3.05, 3.63) is 22.4 Å². The van der Waals surface area contributed by atoms with Crippen LogP contribution in [-0.2, 0) is 0 Å². The van der Waals surface area contributed by atoms with E-state index in [9.17, 15) is 0 Å². The highest BCUT2D eigenvalue weighted by Crippen LogP contribution is 2.35. The van der Waals surface area contributed by atoms with Gasteiger partial charge in [0, 0.05) is 17.0 Å². The maximum absolute atomic E-state index is 3.77. The van der Waals surface area contributed by atoms with Crippen LogP contribution in [-0.4, -0.2) is 6.04 Å². The van der Waals surface area contributed by atoms with Gasteiger partial charge in [0.2, 0.25) is 0 Å². The molecule has 1 aliphatic carbocycles. The van der Waals surface area contributed by atoms with Gasteiger partial charge in [-0.25, -0.2) is 0 Å². The maximum Gasteiger partial charge on any atom is 0.0388 e. The van der Waals surface area contributed by atoms with Crippen LogP contribution in [0.4, 0.5) is 0 Å². The molecule has 1 fully saturated rings. The second-order valence-corrected chi connectivity index (χ2v) is 6.82. The van der Waals surface area contributed by atoms with Crippen molar-refractivity contribution in [3.8, 4) is 0 Å². The van der Waals surface area contributed by atoms with E-state index >= 15 is 0 Å². The Kier molecular flexibility index (Phi) is 3.70. The molecular formula is C14H23NS. The summed E-state index contributed by atoms with van der Waals surface area (Å²) < 4.78 is 0. The molecule has 1 nitrogen and oxygen atoms in total. The lowest BCUT2D eigenvalue weighted by molar-refractivity contribution is 0.200. The minimum Gasteiger partial charge on any atom is -0.307 e. The Morgan fingerprint density at radius 1 is 1.38 bits per heavy atom. The Labute approximate surface area is 103 Å². The summed E-state index contributed by atoms with van der Waals surface area (Å²) in [4.78, 5) is 1.46. The third-order valence-corrected chi connectivity index (χ3v) is 4.85. The first kappa shape index (κ1) is 12.1. The van der Waals surface area contributed by atoms with Gasteiger partial charge < -0.3 is 5.32 Å². The molecule has 0 spiro atoms. The first-order valence-electron chi connectivity index (χ1n) is 6.36. The van der Waals surface area contributed by atoms with Crippen molar-refractivity contribution in [2.45, 2.75) is 58.5 Å². The molecule has 0 radical (unpaired) electrons. The minimum absolute atomic E-state index is 0.520. The zero-order valence-electron chi connectivity index (χ0n) is 10.6. The van der Waals surface area contributed by atoms with Gasteiger partial charge >= 0.3 is 0 Å². The molecule has 2 rings (SSSR count). The van der Waals surface area contributed by atoms with E-state index in [0.717, 1.165) is 6.04 Å². The molecule has 1 heterocycles. The largest absolute Gasteiger partial charge is 0.307 e. The Morgan fingerprint density at radius 2 is 2.06 bits per heavy atom. The predicted molar refractivity (Wildman–Crippen MR) is 71.9 cm³/mol. The Bertz CT molecular complexity index is 305. The summed E-state index contributed by atoms with van der Waals surface area (Å²) in [7, 11) is 0. The lowest BCUT2D eigenvalue weighted by Gasteiger charge is -2.35. The lowest BCUT2D eigenvalue weighted by atomic mass is 9.75. The standard InChI is InChI=1S/C14H23NS/c1-11(13-5-4-10-16-13)15-12-6-8-14(2,3)9-7-12/h4-5,10-12,15H,6-9H2,1-3H3/t11-/m1/s1. The van der Waals surface area contributed by atoms with E-state index in [0.29, 0.717) is 11.5 Å². The highest BCUT2D eigenvalue weighted by molar-refractivity contribution is 7.10. The van der Waals surface area contributed by atoms with Gasteiger partial charge in [-0.05, 0) is 49.5 Å².